The molecule has 2 nitrogen and oxygen atoms in total. The standard InChI is InChI=1S/C9H14BrFN2S/c1-9(2,11)7(10)8-13-6(4-12-3)5-14-8/h5,7,12H,4H2,1-3H3. The highest BCUT2D eigenvalue weighted by molar-refractivity contribution is 9.09. The SMILES string of the molecule is CNCc1csc(C(Br)C(C)(C)F)n1. The molecular weight excluding hydrogens is 267 g/mol. The molecule has 1 unspecified atom stereocenters. The van der Waals surface area contributed by atoms with Crippen molar-refractivity contribution in [2.75, 3.05) is 7.05 Å². The van der Waals surface area contributed by atoms with Gasteiger partial charge in [0.25, 0.3) is 0 Å². The van der Waals surface area contributed by atoms with E-state index >= 15 is 0 Å². The number of hydrogen-bond donors (Lipinski definition) is 1. The van der Waals surface area contributed by atoms with Crippen molar-refractivity contribution in [3.63, 3.8) is 0 Å². The van der Waals surface area contributed by atoms with Gasteiger partial charge in [-0.2, -0.15) is 0 Å². The summed E-state index contributed by atoms with van der Waals surface area (Å²) >= 11 is 4.81. The zero-order valence-electron chi connectivity index (χ0n) is 8.47. The summed E-state index contributed by atoms with van der Waals surface area (Å²) in [6.07, 6.45) is 0. The van der Waals surface area contributed by atoms with E-state index in [1.807, 2.05) is 12.4 Å². The van der Waals surface area contributed by atoms with Gasteiger partial charge in [0.2, 0.25) is 0 Å². The molecule has 0 aliphatic rings. The van der Waals surface area contributed by atoms with Crippen LogP contribution in [0.5, 0.6) is 0 Å². The number of halogens is 2. The van der Waals surface area contributed by atoms with E-state index in [2.05, 4.69) is 26.2 Å². The van der Waals surface area contributed by atoms with E-state index in [0.717, 1.165) is 17.2 Å². The molecule has 0 aliphatic carbocycles. The van der Waals surface area contributed by atoms with Crippen molar-refractivity contribution in [1.82, 2.24) is 10.3 Å². The largest absolute Gasteiger partial charge is 0.314 e. The molecule has 5 heteroatoms. The maximum Gasteiger partial charge on any atom is 0.124 e. The van der Waals surface area contributed by atoms with E-state index in [-0.39, 0.29) is 4.83 Å². The molecule has 1 heterocycles. The maximum atomic E-state index is 13.6. The first kappa shape index (κ1) is 12.1. The van der Waals surface area contributed by atoms with Crippen molar-refractivity contribution >= 4 is 27.3 Å². The minimum atomic E-state index is -1.28. The Labute approximate surface area is 96.1 Å². The number of alkyl halides is 2. The Morgan fingerprint density at radius 1 is 1.71 bits per heavy atom. The average molecular weight is 281 g/mol. The predicted octanol–water partition coefficient (Wildman–Crippen LogP) is 3.05. The molecule has 80 valence electrons. The summed E-state index contributed by atoms with van der Waals surface area (Å²) in [4.78, 5) is 4.01. The molecule has 0 fully saturated rings. The van der Waals surface area contributed by atoms with Crippen LogP contribution in [0.2, 0.25) is 0 Å². The molecule has 1 aromatic rings. The van der Waals surface area contributed by atoms with Crippen LogP contribution >= 0.6 is 27.3 Å². The van der Waals surface area contributed by atoms with Gasteiger partial charge in [0.15, 0.2) is 0 Å². The van der Waals surface area contributed by atoms with E-state index < -0.39 is 5.67 Å². The first-order valence-corrected chi connectivity index (χ1v) is 6.16. The fourth-order valence-corrected chi connectivity index (χ4v) is 2.38. The van der Waals surface area contributed by atoms with Gasteiger partial charge in [-0.25, -0.2) is 9.37 Å². The smallest absolute Gasteiger partial charge is 0.124 e. The molecule has 0 saturated heterocycles. The number of thiazole rings is 1. The first-order chi connectivity index (χ1) is 6.45. The van der Waals surface area contributed by atoms with Gasteiger partial charge in [-0.3, -0.25) is 0 Å². The second-order valence-electron chi connectivity index (χ2n) is 3.63. The third kappa shape index (κ3) is 3.00. The van der Waals surface area contributed by atoms with Crippen LogP contribution in [0.25, 0.3) is 0 Å². The highest BCUT2D eigenvalue weighted by Gasteiger charge is 2.30. The Morgan fingerprint density at radius 2 is 2.36 bits per heavy atom. The summed E-state index contributed by atoms with van der Waals surface area (Å²) < 4.78 is 13.6. The van der Waals surface area contributed by atoms with Crippen LogP contribution in [0.4, 0.5) is 4.39 Å². The molecule has 0 aliphatic heterocycles. The van der Waals surface area contributed by atoms with Crippen LogP contribution in [-0.2, 0) is 6.54 Å². The molecule has 1 N–H and O–H groups in total. The second-order valence-corrected chi connectivity index (χ2v) is 5.44. The zero-order chi connectivity index (χ0) is 10.8. The normalized spacial score (nSPS) is 14.4. The van der Waals surface area contributed by atoms with Crippen LogP contribution in [0.15, 0.2) is 5.38 Å². The van der Waals surface area contributed by atoms with Crippen LogP contribution in [-0.4, -0.2) is 17.7 Å². The molecule has 0 aromatic carbocycles. The molecule has 1 atom stereocenters. The van der Waals surface area contributed by atoms with Crippen molar-refractivity contribution < 1.29 is 4.39 Å². The fraction of sp³-hybridized carbons (Fsp3) is 0.667. The van der Waals surface area contributed by atoms with Crippen LogP contribution in [0.3, 0.4) is 0 Å². The Bertz CT molecular complexity index is 295. The van der Waals surface area contributed by atoms with Gasteiger partial charge in [0, 0.05) is 11.9 Å². The molecular formula is C9H14BrFN2S. The summed E-state index contributed by atoms with van der Waals surface area (Å²) in [6, 6.07) is 0. The topological polar surface area (TPSA) is 24.9 Å². The highest BCUT2D eigenvalue weighted by atomic mass is 79.9. The maximum absolute atomic E-state index is 13.6. The van der Waals surface area contributed by atoms with Crippen molar-refractivity contribution in [1.29, 1.82) is 0 Å². The van der Waals surface area contributed by atoms with Crippen LogP contribution in [0, 0.1) is 0 Å². The fourth-order valence-electron chi connectivity index (χ4n) is 0.995. The van der Waals surface area contributed by atoms with Crippen molar-refractivity contribution in [2.45, 2.75) is 30.9 Å². The van der Waals surface area contributed by atoms with E-state index in [1.165, 1.54) is 11.3 Å². The monoisotopic (exact) mass is 280 g/mol. The van der Waals surface area contributed by atoms with Crippen LogP contribution < -0.4 is 5.32 Å². The van der Waals surface area contributed by atoms with Gasteiger partial charge in [0.05, 0.1) is 10.5 Å². The van der Waals surface area contributed by atoms with Gasteiger partial charge in [0.1, 0.15) is 10.7 Å². The summed E-state index contributed by atoms with van der Waals surface area (Å²) in [7, 11) is 1.86. The minimum absolute atomic E-state index is 0.328. The van der Waals surface area contributed by atoms with Gasteiger partial charge in [-0.15, -0.1) is 11.3 Å². The molecule has 0 bridgehead atoms. The average Bonchev–Trinajstić information content (AvgIpc) is 2.50. The summed E-state index contributed by atoms with van der Waals surface area (Å²) in [5, 5.41) is 5.75. The Morgan fingerprint density at radius 3 is 2.86 bits per heavy atom. The van der Waals surface area contributed by atoms with Gasteiger partial charge >= 0.3 is 0 Å². The van der Waals surface area contributed by atoms with E-state index in [9.17, 15) is 4.39 Å². The number of nitrogens with one attached hydrogen (secondary N) is 1. The van der Waals surface area contributed by atoms with Crippen molar-refractivity contribution in [2.24, 2.45) is 0 Å². The molecule has 0 amide bonds. The lowest BCUT2D eigenvalue weighted by Crippen LogP contribution is -2.18. The number of aromatic nitrogens is 1. The number of nitrogens with zero attached hydrogens (tertiary/aromatic N) is 1. The third-order valence-corrected chi connectivity index (χ3v) is 4.53. The number of rotatable bonds is 4. The van der Waals surface area contributed by atoms with Gasteiger partial charge < -0.3 is 5.32 Å². The predicted molar refractivity (Wildman–Crippen MR) is 61.7 cm³/mol. The lowest BCUT2D eigenvalue weighted by atomic mass is 10.1. The zero-order valence-corrected chi connectivity index (χ0v) is 10.9. The number of hydrogen-bond acceptors (Lipinski definition) is 3. The summed E-state index contributed by atoms with van der Waals surface area (Å²) in [5.74, 6) is 0. The van der Waals surface area contributed by atoms with Crippen molar-refractivity contribution in [3.05, 3.63) is 16.1 Å². The molecule has 0 saturated carbocycles. The van der Waals surface area contributed by atoms with Crippen LogP contribution in [0.1, 0.15) is 29.4 Å². The quantitative estimate of drug-likeness (QED) is 0.858. The minimum Gasteiger partial charge on any atom is -0.314 e. The lowest BCUT2D eigenvalue weighted by molar-refractivity contribution is 0.215. The molecule has 14 heavy (non-hydrogen) atoms. The van der Waals surface area contributed by atoms with Crippen molar-refractivity contribution in [3.8, 4) is 0 Å². The Kier molecular flexibility index (Phi) is 4.04. The van der Waals surface area contributed by atoms with Gasteiger partial charge in [-0.05, 0) is 20.9 Å². The van der Waals surface area contributed by atoms with E-state index in [0.29, 0.717) is 0 Å². The third-order valence-electron chi connectivity index (χ3n) is 1.75. The second kappa shape index (κ2) is 4.68. The Balaban J connectivity index is 2.76. The lowest BCUT2D eigenvalue weighted by Gasteiger charge is -2.18. The summed E-state index contributed by atoms with van der Waals surface area (Å²) in [5.41, 5.74) is -0.324. The molecule has 0 spiro atoms. The van der Waals surface area contributed by atoms with E-state index in [1.54, 1.807) is 13.8 Å². The Hall–Kier alpha value is -0.000000000000000111. The van der Waals surface area contributed by atoms with E-state index in [4.69, 9.17) is 0 Å². The molecule has 0 radical (unpaired) electrons. The molecule has 1 aromatic heterocycles. The van der Waals surface area contributed by atoms with Gasteiger partial charge in [-0.1, -0.05) is 15.9 Å². The highest BCUT2D eigenvalue weighted by Crippen LogP contribution is 2.37. The molecule has 1 rings (SSSR count). The first-order valence-electron chi connectivity index (χ1n) is 4.37. The summed E-state index contributed by atoms with van der Waals surface area (Å²) in [6.45, 7) is 3.82.